The standard InChI is InChI=1S/C20H18FNO4/c21-17-6-2-5-16(10-17)20(25)22-11-19(24)26-12-18(23)15-8-7-13-3-1-4-14(13)9-15/h2,5-10H,1,3-4,11-12H2,(H,22,25). The van der Waals surface area contributed by atoms with Crippen molar-refractivity contribution in [2.45, 2.75) is 19.3 Å². The van der Waals surface area contributed by atoms with Crippen molar-refractivity contribution in [1.82, 2.24) is 5.32 Å². The number of hydrogen-bond acceptors (Lipinski definition) is 4. The third-order valence-electron chi connectivity index (χ3n) is 4.26. The predicted octanol–water partition coefficient (Wildman–Crippen LogP) is 2.47. The smallest absolute Gasteiger partial charge is 0.325 e. The van der Waals surface area contributed by atoms with Crippen LogP contribution >= 0.6 is 0 Å². The molecule has 134 valence electrons. The maximum absolute atomic E-state index is 13.1. The number of nitrogens with one attached hydrogen (secondary N) is 1. The van der Waals surface area contributed by atoms with E-state index in [2.05, 4.69) is 5.32 Å². The third-order valence-corrected chi connectivity index (χ3v) is 4.26. The number of esters is 1. The van der Waals surface area contributed by atoms with Gasteiger partial charge >= 0.3 is 5.97 Å². The second-order valence-electron chi connectivity index (χ2n) is 6.11. The Morgan fingerprint density at radius 3 is 2.62 bits per heavy atom. The summed E-state index contributed by atoms with van der Waals surface area (Å²) in [4.78, 5) is 35.7. The Labute approximate surface area is 150 Å². The molecule has 0 atom stereocenters. The van der Waals surface area contributed by atoms with Gasteiger partial charge < -0.3 is 10.1 Å². The summed E-state index contributed by atoms with van der Waals surface area (Å²) in [5.41, 5.74) is 3.05. The topological polar surface area (TPSA) is 72.5 Å². The fraction of sp³-hybridized carbons (Fsp3) is 0.250. The highest BCUT2D eigenvalue weighted by Crippen LogP contribution is 2.23. The van der Waals surface area contributed by atoms with Gasteiger partial charge in [-0.25, -0.2) is 4.39 Å². The number of aryl methyl sites for hydroxylation is 2. The lowest BCUT2D eigenvalue weighted by atomic mass is 10.0. The molecule has 26 heavy (non-hydrogen) atoms. The van der Waals surface area contributed by atoms with Gasteiger partial charge in [0, 0.05) is 11.1 Å². The van der Waals surface area contributed by atoms with E-state index in [1.54, 1.807) is 6.07 Å². The number of hydrogen-bond donors (Lipinski definition) is 1. The van der Waals surface area contributed by atoms with Gasteiger partial charge in [-0.2, -0.15) is 0 Å². The van der Waals surface area contributed by atoms with Crippen molar-refractivity contribution in [3.63, 3.8) is 0 Å². The monoisotopic (exact) mass is 355 g/mol. The lowest BCUT2D eigenvalue weighted by Gasteiger charge is -2.07. The second-order valence-corrected chi connectivity index (χ2v) is 6.11. The summed E-state index contributed by atoms with van der Waals surface area (Å²) in [6.45, 7) is -0.778. The number of ether oxygens (including phenoxy) is 1. The second kappa shape index (κ2) is 7.91. The van der Waals surface area contributed by atoms with E-state index in [0.29, 0.717) is 5.56 Å². The number of halogens is 1. The highest BCUT2D eigenvalue weighted by atomic mass is 19.1. The van der Waals surface area contributed by atoms with Crippen LogP contribution in [0.15, 0.2) is 42.5 Å². The van der Waals surface area contributed by atoms with Crippen LogP contribution in [0.2, 0.25) is 0 Å². The molecule has 2 aromatic rings. The van der Waals surface area contributed by atoms with E-state index in [4.69, 9.17) is 4.74 Å². The molecular weight excluding hydrogens is 337 g/mol. The first-order valence-corrected chi connectivity index (χ1v) is 8.37. The molecule has 0 unspecified atom stereocenters. The van der Waals surface area contributed by atoms with Crippen molar-refractivity contribution >= 4 is 17.7 Å². The van der Waals surface area contributed by atoms with Crippen LogP contribution in [0.3, 0.4) is 0 Å². The quantitative estimate of drug-likeness (QED) is 0.638. The highest BCUT2D eigenvalue weighted by Gasteiger charge is 2.16. The summed E-state index contributed by atoms with van der Waals surface area (Å²) in [7, 11) is 0. The predicted molar refractivity (Wildman–Crippen MR) is 92.5 cm³/mol. The van der Waals surface area contributed by atoms with Crippen molar-refractivity contribution in [1.29, 1.82) is 0 Å². The van der Waals surface area contributed by atoms with Gasteiger partial charge in [0.05, 0.1) is 0 Å². The van der Waals surface area contributed by atoms with E-state index in [-0.39, 0.29) is 18.0 Å². The molecule has 3 rings (SSSR count). The Bertz CT molecular complexity index is 863. The van der Waals surface area contributed by atoms with Crippen molar-refractivity contribution in [3.05, 3.63) is 70.5 Å². The average molecular weight is 355 g/mol. The SMILES string of the molecule is O=C(CNC(=O)c1cccc(F)c1)OCC(=O)c1ccc2c(c1)CCC2. The minimum atomic E-state index is -0.732. The zero-order chi connectivity index (χ0) is 18.5. The zero-order valence-electron chi connectivity index (χ0n) is 14.1. The van der Waals surface area contributed by atoms with Crippen LogP contribution in [-0.2, 0) is 22.4 Å². The molecule has 0 fully saturated rings. The van der Waals surface area contributed by atoms with Crippen molar-refractivity contribution in [2.75, 3.05) is 13.2 Å². The summed E-state index contributed by atoms with van der Waals surface area (Å²) < 4.78 is 18.0. The minimum Gasteiger partial charge on any atom is -0.456 e. The lowest BCUT2D eigenvalue weighted by Crippen LogP contribution is -2.31. The minimum absolute atomic E-state index is 0.104. The Kier molecular flexibility index (Phi) is 5.41. The maximum atomic E-state index is 13.1. The van der Waals surface area contributed by atoms with E-state index in [1.165, 1.54) is 29.3 Å². The first kappa shape index (κ1) is 17.8. The number of Topliss-reactive ketones (excluding diaryl/α,β-unsaturated/α-hetero) is 1. The molecule has 0 saturated carbocycles. The molecule has 0 aromatic heterocycles. The van der Waals surface area contributed by atoms with Crippen LogP contribution in [0, 0.1) is 5.82 Å². The number of amides is 1. The van der Waals surface area contributed by atoms with Crippen LogP contribution in [0.5, 0.6) is 0 Å². The van der Waals surface area contributed by atoms with Gasteiger partial charge in [0.1, 0.15) is 12.4 Å². The van der Waals surface area contributed by atoms with Crippen molar-refractivity contribution < 1.29 is 23.5 Å². The third kappa shape index (κ3) is 4.33. The van der Waals surface area contributed by atoms with Crippen LogP contribution in [0.4, 0.5) is 4.39 Å². The summed E-state index contributed by atoms with van der Waals surface area (Å²) in [6.07, 6.45) is 3.08. The largest absolute Gasteiger partial charge is 0.456 e. The van der Waals surface area contributed by atoms with Crippen LogP contribution in [0.25, 0.3) is 0 Å². The van der Waals surface area contributed by atoms with Gasteiger partial charge in [0.15, 0.2) is 12.4 Å². The van der Waals surface area contributed by atoms with E-state index in [1.807, 2.05) is 12.1 Å². The van der Waals surface area contributed by atoms with Crippen LogP contribution < -0.4 is 5.32 Å². The van der Waals surface area contributed by atoms with Crippen molar-refractivity contribution in [3.8, 4) is 0 Å². The summed E-state index contributed by atoms with van der Waals surface area (Å²) in [5, 5.41) is 2.33. The van der Waals surface area contributed by atoms with Gasteiger partial charge in [0.25, 0.3) is 5.91 Å². The molecule has 1 amide bonds. The lowest BCUT2D eigenvalue weighted by molar-refractivity contribution is -0.141. The molecule has 0 aliphatic heterocycles. The zero-order valence-corrected chi connectivity index (χ0v) is 14.1. The number of carbonyl (C=O) groups excluding carboxylic acids is 3. The van der Waals surface area contributed by atoms with Gasteiger partial charge in [0.2, 0.25) is 0 Å². The molecule has 2 aromatic carbocycles. The van der Waals surface area contributed by atoms with Crippen LogP contribution in [-0.4, -0.2) is 30.8 Å². The van der Waals surface area contributed by atoms with Gasteiger partial charge in [-0.1, -0.05) is 18.2 Å². The van der Waals surface area contributed by atoms with Crippen LogP contribution in [0.1, 0.15) is 38.3 Å². The molecular formula is C20H18FNO4. The summed E-state index contributed by atoms with van der Waals surface area (Å²) in [6, 6.07) is 10.7. The highest BCUT2D eigenvalue weighted by molar-refractivity contribution is 5.99. The maximum Gasteiger partial charge on any atom is 0.325 e. The fourth-order valence-corrected chi connectivity index (χ4v) is 2.91. The Hall–Kier alpha value is -3.02. The van der Waals surface area contributed by atoms with E-state index < -0.39 is 24.2 Å². The van der Waals surface area contributed by atoms with E-state index >= 15 is 0 Å². The van der Waals surface area contributed by atoms with Gasteiger partial charge in [-0.05, 0) is 54.7 Å². The molecule has 0 heterocycles. The Morgan fingerprint density at radius 1 is 1.00 bits per heavy atom. The molecule has 0 bridgehead atoms. The van der Waals surface area contributed by atoms with Crippen molar-refractivity contribution in [2.24, 2.45) is 0 Å². The molecule has 0 spiro atoms. The molecule has 6 heteroatoms. The Morgan fingerprint density at radius 2 is 1.81 bits per heavy atom. The Balaban J connectivity index is 1.46. The number of carbonyl (C=O) groups is 3. The average Bonchev–Trinajstić information content (AvgIpc) is 3.11. The number of fused-ring (bicyclic) bond motifs is 1. The van der Waals surface area contributed by atoms with Gasteiger partial charge in [-0.3, -0.25) is 14.4 Å². The summed E-state index contributed by atoms with van der Waals surface area (Å²) >= 11 is 0. The summed E-state index contributed by atoms with van der Waals surface area (Å²) in [5.74, 6) is -2.15. The fourth-order valence-electron chi connectivity index (χ4n) is 2.91. The first-order valence-electron chi connectivity index (χ1n) is 8.37. The molecule has 5 nitrogen and oxygen atoms in total. The number of ketones is 1. The number of rotatable bonds is 6. The molecule has 1 aliphatic rings. The molecule has 0 radical (unpaired) electrons. The first-order chi connectivity index (χ1) is 12.5. The molecule has 1 aliphatic carbocycles. The normalized spacial score (nSPS) is 12.3. The van der Waals surface area contributed by atoms with Gasteiger partial charge in [-0.15, -0.1) is 0 Å². The molecule has 0 saturated heterocycles. The number of benzene rings is 2. The van der Waals surface area contributed by atoms with E-state index in [9.17, 15) is 18.8 Å². The molecule has 1 N–H and O–H groups in total. The van der Waals surface area contributed by atoms with E-state index in [0.717, 1.165) is 25.3 Å².